The molecule has 7 nitrogen and oxygen atoms in total. The molecule has 3 rings (SSSR count). The highest BCUT2D eigenvalue weighted by atomic mass is 16.5. The second kappa shape index (κ2) is 9.54. The zero-order chi connectivity index (χ0) is 20.6. The molecule has 0 saturated carbocycles. The monoisotopic (exact) mass is 393 g/mol. The highest BCUT2D eigenvalue weighted by molar-refractivity contribution is 5.78. The fraction of sp³-hybridized carbons (Fsp3) is 0.227. The van der Waals surface area contributed by atoms with E-state index in [1.807, 2.05) is 48.5 Å². The maximum Gasteiger partial charge on any atom is 0.253 e. The van der Waals surface area contributed by atoms with E-state index in [0.29, 0.717) is 24.5 Å². The minimum Gasteiger partial charge on any atom is -0.497 e. The van der Waals surface area contributed by atoms with E-state index in [1.165, 1.54) is 17.0 Å². The second-order valence-corrected chi connectivity index (χ2v) is 6.41. The first-order chi connectivity index (χ1) is 14.1. The molecule has 0 spiro atoms. The minimum atomic E-state index is -0.173. The molecule has 0 aliphatic carbocycles. The molecule has 0 atom stereocenters. The summed E-state index contributed by atoms with van der Waals surface area (Å²) in [4.78, 5) is 28.8. The average Bonchev–Trinajstić information content (AvgIpc) is 2.75. The number of carbonyl (C=O) groups excluding carboxylic acids is 1. The molecule has 0 fully saturated rings. The number of hydrogen-bond donors (Lipinski definition) is 1. The summed E-state index contributed by atoms with van der Waals surface area (Å²) in [7, 11) is 3.19. The molecule has 1 aromatic heterocycles. The van der Waals surface area contributed by atoms with Gasteiger partial charge in [0.2, 0.25) is 5.91 Å². The Labute approximate surface area is 168 Å². The predicted octanol–water partition coefficient (Wildman–Crippen LogP) is 2.29. The third kappa shape index (κ3) is 5.44. The van der Waals surface area contributed by atoms with Crippen LogP contribution in [0, 0.1) is 0 Å². The normalized spacial score (nSPS) is 10.4. The zero-order valence-electron chi connectivity index (χ0n) is 16.4. The number of carbonyl (C=O) groups is 1. The van der Waals surface area contributed by atoms with E-state index in [9.17, 15) is 9.59 Å². The topological polar surface area (TPSA) is 82.5 Å². The number of nitrogens with zero attached hydrogens (tertiary/aromatic N) is 2. The van der Waals surface area contributed by atoms with Crippen molar-refractivity contribution in [2.45, 2.75) is 13.0 Å². The maximum atomic E-state index is 12.3. The van der Waals surface area contributed by atoms with Crippen molar-refractivity contribution in [1.29, 1.82) is 0 Å². The SMILES string of the molecule is COc1ccc(-c2cc(=O)n(CCNC(=O)Cc3cccc(OC)c3)cn2)cc1. The van der Waals surface area contributed by atoms with Crippen molar-refractivity contribution in [3.8, 4) is 22.8 Å². The lowest BCUT2D eigenvalue weighted by Crippen LogP contribution is -2.31. The van der Waals surface area contributed by atoms with Crippen molar-refractivity contribution >= 4 is 5.91 Å². The molecule has 0 radical (unpaired) electrons. The molecular formula is C22H23N3O4. The van der Waals surface area contributed by atoms with Crippen molar-refractivity contribution in [3.05, 3.63) is 76.8 Å². The Bertz CT molecular complexity index is 1030. The predicted molar refractivity (Wildman–Crippen MR) is 110 cm³/mol. The molecule has 1 N–H and O–H groups in total. The molecule has 7 heteroatoms. The maximum absolute atomic E-state index is 12.3. The molecule has 3 aromatic rings. The van der Waals surface area contributed by atoms with Crippen molar-refractivity contribution in [2.75, 3.05) is 20.8 Å². The van der Waals surface area contributed by atoms with Gasteiger partial charge in [0.15, 0.2) is 0 Å². The Hall–Kier alpha value is -3.61. The van der Waals surface area contributed by atoms with Crippen LogP contribution in [0.15, 0.2) is 65.7 Å². The van der Waals surface area contributed by atoms with E-state index < -0.39 is 0 Å². The number of ether oxygens (including phenoxy) is 2. The zero-order valence-corrected chi connectivity index (χ0v) is 16.4. The molecular weight excluding hydrogens is 370 g/mol. The Morgan fingerprint density at radius 1 is 1.03 bits per heavy atom. The van der Waals surface area contributed by atoms with Crippen LogP contribution in [-0.2, 0) is 17.8 Å². The van der Waals surface area contributed by atoms with Crippen LogP contribution in [-0.4, -0.2) is 36.2 Å². The minimum absolute atomic E-state index is 0.117. The molecule has 1 amide bonds. The summed E-state index contributed by atoms with van der Waals surface area (Å²) >= 11 is 0. The van der Waals surface area contributed by atoms with Crippen molar-refractivity contribution in [2.24, 2.45) is 0 Å². The van der Waals surface area contributed by atoms with E-state index in [-0.39, 0.29) is 17.9 Å². The van der Waals surface area contributed by atoms with Gasteiger partial charge < -0.3 is 14.8 Å². The van der Waals surface area contributed by atoms with Crippen LogP contribution in [0.1, 0.15) is 5.56 Å². The number of hydrogen-bond acceptors (Lipinski definition) is 5. The Morgan fingerprint density at radius 2 is 1.79 bits per heavy atom. The summed E-state index contributed by atoms with van der Waals surface area (Å²) in [6, 6.07) is 16.2. The van der Waals surface area contributed by atoms with Gasteiger partial charge in [-0.2, -0.15) is 0 Å². The van der Waals surface area contributed by atoms with Gasteiger partial charge in [0.25, 0.3) is 5.56 Å². The number of methoxy groups -OCH3 is 2. The number of nitrogens with one attached hydrogen (secondary N) is 1. The highest BCUT2D eigenvalue weighted by Crippen LogP contribution is 2.19. The second-order valence-electron chi connectivity index (χ2n) is 6.41. The summed E-state index contributed by atoms with van der Waals surface area (Å²) in [6.45, 7) is 0.685. The molecule has 1 heterocycles. The van der Waals surface area contributed by atoms with Gasteiger partial charge in [-0.15, -0.1) is 0 Å². The summed E-state index contributed by atoms with van der Waals surface area (Å²) in [5.41, 5.74) is 2.12. The van der Waals surface area contributed by atoms with Crippen LogP contribution >= 0.6 is 0 Å². The Morgan fingerprint density at radius 3 is 2.48 bits per heavy atom. The van der Waals surface area contributed by atoms with Crippen LogP contribution < -0.4 is 20.3 Å². The Balaban J connectivity index is 1.55. The summed E-state index contributed by atoms with van der Waals surface area (Å²) in [5.74, 6) is 1.34. The van der Waals surface area contributed by atoms with Gasteiger partial charge in [-0.1, -0.05) is 12.1 Å². The number of amides is 1. The van der Waals surface area contributed by atoms with Crippen LogP contribution in [0.5, 0.6) is 11.5 Å². The van der Waals surface area contributed by atoms with E-state index in [2.05, 4.69) is 10.3 Å². The van der Waals surface area contributed by atoms with E-state index in [4.69, 9.17) is 9.47 Å². The number of benzene rings is 2. The van der Waals surface area contributed by atoms with E-state index in [1.54, 1.807) is 14.2 Å². The lowest BCUT2D eigenvalue weighted by molar-refractivity contribution is -0.120. The van der Waals surface area contributed by atoms with E-state index >= 15 is 0 Å². The van der Waals surface area contributed by atoms with Gasteiger partial charge in [-0.3, -0.25) is 14.2 Å². The molecule has 0 unspecified atom stereocenters. The van der Waals surface area contributed by atoms with Crippen LogP contribution in [0.2, 0.25) is 0 Å². The first-order valence-electron chi connectivity index (χ1n) is 9.19. The fourth-order valence-electron chi connectivity index (χ4n) is 2.86. The highest BCUT2D eigenvalue weighted by Gasteiger charge is 2.06. The lowest BCUT2D eigenvalue weighted by atomic mass is 10.1. The molecule has 0 saturated heterocycles. The fourth-order valence-corrected chi connectivity index (χ4v) is 2.86. The molecule has 0 aliphatic heterocycles. The smallest absolute Gasteiger partial charge is 0.253 e. The lowest BCUT2D eigenvalue weighted by Gasteiger charge is -2.09. The van der Waals surface area contributed by atoms with Gasteiger partial charge in [-0.25, -0.2) is 4.98 Å². The number of rotatable bonds is 8. The summed E-state index contributed by atoms with van der Waals surface area (Å²) in [5, 5.41) is 2.82. The van der Waals surface area contributed by atoms with Crippen LogP contribution in [0.4, 0.5) is 0 Å². The molecule has 0 aliphatic rings. The first kappa shape index (κ1) is 20.1. The molecule has 0 bridgehead atoms. The Kier molecular flexibility index (Phi) is 6.63. The summed E-state index contributed by atoms with van der Waals surface area (Å²) < 4.78 is 11.8. The van der Waals surface area contributed by atoms with Crippen molar-refractivity contribution < 1.29 is 14.3 Å². The average molecular weight is 393 g/mol. The van der Waals surface area contributed by atoms with Gasteiger partial charge in [0.1, 0.15) is 11.5 Å². The van der Waals surface area contributed by atoms with E-state index in [0.717, 1.165) is 16.9 Å². The van der Waals surface area contributed by atoms with Crippen molar-refractivity contribution in [1.82, 2.24) is 14.9 Å². The molecule has 150 valence electrons. The van der Waals surface area contributed by atoms with Gasteiger partial charge in [0, 0.05) is 24.7 Å². The molecule has 2 aromatic carbocycles. The standard InChI is InChI=1S/C22H23N3O4/c1-28-18-8-6-17(7-9-18)20-14-22(27)25(15-24-20)11-10-23-21(26)13-16-4-3-5-19(12-16)29-2/h3-9,12,14-15H,10-11,13H2,1-2H3,(H,23,26). The van der Waals surface area contributed by atoms with Gasteiger partial charge >= 0.3 is 0 Å². The summed E-state index contributed by atoms with van der Waals surface area (Å²) in [6.07, 6.45) is 1.75. The van der Waals surface area contributed by atoms with Gasteiger partial charge in [0.05, 0.1) is 32.7 Å². The third-order valence-electron chi connectivity index (χ3n) is 4.44. The molecule has 29 heavy (non-hydrogen) atoms. The van der Waals surface area contributed by atoms with Crippen LogP contribution in [0.25, 0.3) is 11.3 Å². The first-order valence-corrected chi connectivity index (χ1v) is 9.19. The van der Waals surface area contributed by atoms with Crippen molar-refractivity contribution in [3.63, 3.8) is 0 Å². The third-order valence-corrected chi connectivity index (χ3v) is 4.44. The largest absolute Gasteiger partial charge is 0.497 e. The number of aromatic nitrogens is 2. The van der Waals surface area contributed by atoms with Crippen LogP contribution in [0.3, 0.4) is 0 Å². The quantitative estimate of drug-likeness (QED) is 0.635. The van der Waals surface area contributed by atoms with Gasteiger partial charge in [-0.05, 0) is 42.0 Å².